The first-order valence-corrected chi connectivity index (χ1v) is 12.7. The summed E-state index contributed by atoms with van der Waals surface area (Å²) >= 11 is 0. The van der Waals surface area contributed by atoms with Crippen LogP contribution in [0.2, 0.25) is 0 Å². The van der Waals surface area contributed by atoms with Gasteiger partial charge in [0, 0.05) is 17.2 Å². The van der Waals surface area contributed by atoms with Crippen molar-refractivity contribution >= 4 is 11.4 Å². The van der Waals surface area contributed by atoms with E-state index >= 15 is 0 Å². The molecule has 198 valence electrons. The average Bonchev–Trinajstić information content (AvgIpc) is 3.63. The van der Waals surface area contributed by atoms with Crippen molar-refractivity contribution in [3.05, 3.63) is 83.4 Å². The standard InChI is InChI=1S/C30H29F3N2O3/c1-19-5-3-4-6-24(19)26-15-16-27(34-26)25-14-11-22(17-29(25)38-30(31,32)33)20-9-12-23(13-10-20)37-18-28(35-36-2)21-7-8-21/h3-6,9-14,17,21,26H,7-8,15-16,18H2,1-2H3/b35-28+. The zero-order chi connectivity index (χ0) is 26.7. The second-order valence-electron chi connectivity index (χ2n) is 9.60. The Kier molecular flexibility index (Phi) is 7.40. The zero-order valence-corrected chi connectivity index (χ0v) is 21.3. The van der Waals surface area contributed by atoms with Crippen molar-refractivity contribution in [3.8, 4) is 22.6 Å². The van der Waals surface area contributed by atoms with Crippen molar-refractivity contribution in [1.82, 2.24) is 0 Å². The van der Waals surface area contributed by atoms with Crippen molar-refractivity contribution in [1.29, 1.82) is 0 Å². The molecule has 0 amide bonds. The number of hydrogen-bond acceptors (Lipinski definition) is 5. The van der Waals surface area contributed by atoms with Crippen LogP contribution in [-0.4, -0.2) is 31.5 Å². The van der Waals surface area contributed by atoms with Crippen LogP contribution in [0.5, 0.6) is 11.5 Å². The van der Waals surface area contributed by atoms with Gasteiger partial charge in [0.05, 0.1) is 11.8 Å². The van der Waals surface area contributed by atoms with Crippen molar-refractivity contribution < 1.29 is 27.5 Å². The molecule has 1 saturated carbocycles. The molecular weight excluding hydrogens is 493 g/mol. The Hall–Kier alpha value is -3.81. The van der Waals surface area contributed by atoms with E-state index < -0.39 is 6.36 Å². The highest BCUT2D eigenvalue weighted by Crippen LogP contribution is 2.38. The lowest BCUT2D eigenvalue weighted by molar-refractivity contribution is -0.274. The van der Waals surface area contributed by atoms with Gasteiger partial charge < -0.3 is 14.3 Å². The number of aliphatic imine (C=N–C) groups is 1. The summed E-state index contributed by atoms with van der Waals surface area (Å²) in [6.45, 7) is 2.35. The molecule has 0 N–H and O–H groups in total. The molecule has 3 aromatic rings. The maximum absolute atomic E-state index is 13.4. The van der Waals surface area contributed by atoms with E-state index in [-0.39, 0.29) is 11.8 Å². The van der Waals surface area contributed by atoms with Gasteiger partial charge in [0.15, 0.2) is 0 Å². The molecule has 0 radical (unpaired) electrons. The highest BCUT2D eigenvalue weighted by Gasteiger charge is 2.34. The van der Waals surface area contributed by atoms with E-state index in [1.54, 1.807) is 24.3 Å². The van der Waals surface area contributed by atoms with Gasteiger partial charge in [-0.25, -0.2) is 0 Å². The number of ether oxygens (including phenoxy) is 2. The van der Waals surface area contributed by atoms with Crippen LogP contribution >= 0.6 is 0 Å². The first-order valence-electron chi connectivity index (χ1n) is 12.7. The Morgan fingerprint density at radius 2 is 1.71 bits per heavy atom. The summed E-state index contributed by atoms with van der Waals surface area (Å²) in [4.78, 5) is 9.70. The van der Waals surface area contributed by atoms with Crippen LogP contribution in [0.25, 0.3) is 11.1 Å². The Balaban J connectivity index is 1.37. The molecule has 38 heavy (non-hydrogen) atoms. The fourth-order valence-electron chi connectivity index (χ4n) is 4.78. The van der Waals surface area contributed by atoms with Crippen molar-refractivity contribution in [2.45, 2.75) is 45.0 Å². The molecular formula is C30H29F3N2O3. The Labute approximate surface area is 219 Å². The van der Waals surface area contributed by atoms with Crippen LogP contribution in [0.1, 0.15) is 48.4 Å². The number of rotatable bonds is 9. The molecule has 2 aliphatic rings. The molecule has 1 aliphatic heterocycles. The normalized spacial score (nSPS) is 17.8. The number of halogens is 3. The van der Waals surface area contributed by atoms with Crippen molar-refractivity contribution in [2.75, 3.05) is 13.7 Å². The van der Waals surface area contributed by atoms with E-state index in [1.165, 1.54) is 13.2 Å². The summed E-state index contributed by atoms with van der Waals surface area (Å²) in [7, 11) is 1.51. The molecule has 0 spiro atoms. The van der Waals surface area contributed by atoms with Crippen LogP contribution in [0.4, 0.5) is 13.2 Å². The predicted octanol–water partition coefficient (Wildman–Crippen LogP) is 7.68. The Morgan fingerprint density at radius 3 is 2.39 bits per heavy atom. The van der Waals surface area contributed by atoms with E-state index in [2.05, 4.69) is 9.89 Å². The predicted molar refractivity (Wildman–Crippen MR) is 141 cm³/mol. The summed E-state index contributed by atoms with van der Waals surface area (Å²) in [5.41, 5.74) is 5.43. The van der Waals surface area contributed by atoms with Gasteiger partial charge in [-0.1, -0.05) is 47.6 Å². The molecule has 8 heteroatoms. The third-order valence-electron chi connectivity index (χ3n) is 6.86. The second kappa shape index (κ2) is 10.9. The van der Waals surface area contributed by atoms with Gasteiger partial charge in [-0.2, -0.15) is 0 Å². The minimum atomic E-state index is -4.82. The van der Waals surface area contributed by atoms with Gasteiger partial charge in [-0.3, -0.25) is 4.99 Å². The van der Waals surface area contributed by atoms with Gasteiger partial charge in [-0.05, 0) is 79.1 Å². The molecule has 3 aromatic carbocycles. The molecule has 1 heterocycles. The molecule has 1 unspecified atom stereocenters. The quantitative estimate of drug-likeness (QED) is 0.214. The largest absolute Gasteiger partial charge is 0.573 e. The van der Waals surface area contributed by atoms with Crippen molar-refractivity contribution in [3.63, 3.8) is 0 Å². The highest BCUT2D eigenvalue weighted by atomic mass is 19.4. The zero-order valence-electron chi connectivity index (χ0n) is 21.3. The SMILES string of the molecule is CO/N=C(\COc1ccc(-c2ccc(C3=NC(c4ccccc4C)CC3)c(OC(F)(F)F)c2)cc1)C1CC1. The molecule has 0 bridgehead atoms. The monoisotopic (exact) mass is 522 g/mol. The molecule has 1 fully saturated rings. The summed E-state index contributed by atoms with van der Waals surface area (Å²) < 4.78 is 50.4. The number of oxime groups is 1. The lowest BCUT2D eigenvalue weighted by atomic mass is 9.98. The van der Waals surface area contributed by atoms with Gasteiger partial charge in [-0.15, -0.1) is 13.2 Å². The fraction of sp³-hybridized carbons (Fsp3) is 0.333. The molecule has 1 atom stereocenters. The van der Waals surface area contributed by atoms with Crippen LogP contribution < -0.4 is 9.47 Å². The maximum atomic E-state index is 13.4. The highest BCUT2D eigenvalue weighted by molar-refractivity contribution is 6.04. The maximum Gasteiger partial charge on any atom is 0.573 e. The topological polar surface area (TPSA) is 52.4 Å². The molecule has 5 nitrogen and oxygen atoms in total. The minimum absolute atomic E-state index is 0.0773. The third kappa shape index (κ3) is 6.18. The summed E-state index contributed by atoms with van der Waals surface area (Å²) in [6.07, 6.45) is -1.33. The molecule has 0 aromatic heterocycles. The van der Waals surface area contributed by atoms with E-state index in [0.29, 0.717) is 41.5 Å². The smallest absolute Gasteiger partial charge is 0.488 e. The lowest BCUT2D eigenvalue weighted by Gasteiger charge is -2.15. The van der Waals surface area contributed by atoms with Gasteiger partial charge in [0.2, 0.25) is 0 Å². The van der Waals surface area contributed by atoms with E-state index in [1.807, 2.05) is 43.3 Å². The number of nitrogens with zero attached hydrogens (tertiary/aromatic N) is 2. The number of benzene rings is 3. The first kappa shape index (κ1) is 25.8. The molecule has 0 saturated heterocycles. The summed E-state index contributed by atoms with van der Waals surface area (Å²) in [5.74, 6) is 0.810. The number of hydrogen-bond donors (Lipinski definition) is 0. The number of aryl methyl sites for hydroxylation is 1. The lowest BCUT2D eigenvalue weighted by Crippen LogP contribution is -2.19. The van der Waals surface area contributed by atoms with Crippen LogP contribution in [0.3, 0.4) is 0 Å². The van der Waals surface area contributed by atoms with Gasteiger partial charge in [0.1, 0.15) is 25.2 Å². The minimum Gasteiger partial charge on any atom is -0.488 e. The van der Waals surface area contributed by atoms with Crippen molar-refractivity contribution in [2.24, 2.45) is 16.1 Å². The summed E-state index contributed by atoms with van der Waals surface area (Å²) in [6, 6.07) is 20.0. The second-order valence-corrected chi connectivity index (χ2v) is 9.60. The number of alkyl halides is 3. The fourth-order valence-corrected chi connectivity index (χ4v) is 4.78. The van der Waals surface area contributed by atoms with Gasteiger partial charge >= 0.3 is 6.36 Å². The Morgan fingerprint density at radius 1 is 0.974 bits per heavy atom. The Bertz CT molecular complexity index is 1350. The van der Waals surface area contributed by atoms with Gasteiger partial charge in [0.25, 0.3) is 0 Å². The van der Waals surface area contributed by atoms with Crippen LogP contribution in [0.15, 0.2) is 76.9 Å². The van der Waals surface area contributed by atoms with E-state index in [4.69, 9.17) is 14.6 Å². The third-order valence-corrected chi connectivity index (χ3v) is 6.86. The van der Waals surface area contributed by atoms with Crippen LogP contribution in [-0.2, 0) is 4.84 Å². The average molecular weight is 523 g/mol. The molecule has 5 rings (SSSR count). The van der Waals surface area contributed by atoms with Crippen LogP contribution in [0, 0.1) is 12.8 Å². The summed E-state index contributed by atoms with van der Waals surface area (Å²) in [5, 5.41) is 4.05. The van der Waals surface area contributed by atoms with E-state index in [0.717, 1.165) is 41.7 Å². The molecule has 1 aliphatic carbocycles. The first-order chi connectivity index (χ1) is 18.3. The van der Waals surface area contributed by atoms with E-state index in [9.17, 15) is 13.2 Å².